The molecule has 0 radical (unpaired) electrons. The molecule has 0 saturated carbocycles. The van der Waals surface area contributed by atoms with Gasteiger partial charge >= 0.3 is 0 Å². The SMILES string of the molecule is COc1cc(OC)c(C2=CCN(C(=O)[C@H]3CC(=O)N(c4ccccc4F)C3)CC2)c(OC)c1. The Kier molecular flexibility index (Phi) is 6.53. The summed E-state index contributed by atoms with van der Waals surface area (Å²) < 4.78 is 30.6. The summed E-state index contributed by atoms with van der Waals surface area (Å²) in [4.78, 5) is 28.7. The lowest BCUT2D eigenvalue weighted by molar-refractivity contribution is -0.135. The van der Waals surface area contributed by atoms with E-state index in [0.717, 1.165) is 11.1 Å². The largest absolute Gasteiger partial charge is 0.496 e. The molecule has 2 aliphatic rings. The van der Waals surface area contributed by atoms with Crippen molar-refractivity contribution >= 4 is 23.1 Å². The lowest BCUT2D eigenvalue weighted by atomic mass is 9.96. The number of carbonyl (C=O) groups excluding carboxylic acids is 2. The van der Waals surface area contributed by atoms with Crippen molar-refractivity contribution in [3.05, 3.63) is 53.9 Å². The van der Waals surface area contributed by atoms with Crippen molar-refractivity contribution in [2.24, 2.45) is 5.92 Å². The zero-order valence-electron chi connectivity index (χ0n) is 19.0. The number of halogens is 1. The van der Waals surface area contributed by atoms with Crippen molar-refractivity contribution in [3.8, 4) is 17.2 Å². The Labute approximate surface area is 192 Å². The van der Waals surface area contributed by atoms with Crippen LogP contribution in [0.1, 0.15) is 18.4 Å². The molecule has 33 heavy (non-hydrogen) atoms. The first-order chi connectivity index (χ1) is 16.0. The molecular weight excluding hydrogens is 427 g/mol. The molecule has 2 aromatic rings. The van der Waals surface area contributed by atoms with Crippen LogP contribution in [-0.2, 0) is 9.59 Å². The number of nitrogens with zero attached hydrogens (tertiary/aromatic N) is 2. The molecule has 1 fully saturated rings. The first kappa shape index (κ1) is 22.6. The molecule has 8 heteroatoms. The van der Waals surface area contributed by atoms with Crippen LogP contribution in [0.25, 0.3) is 5.57 Å². The number of carbonyl (C=O) groups is 2. The molecule has 0 bridgehead atoms. The summed E-state index contributed by atoms with van der Waals surface area (Å²) in [7, 11) is 4.77. The highest BCUT2D eigenvalue weighted by atomic mass is 19.1. The van der Waals surface area contributed by atoms with Gasteiger partial charge in [-0.3, -0.25) is 9.59 Å². The van der Waals surface area contributed by atoms with Crippen LogP contribution in [0.2, 0.25) is 0 Å². The van der Waals surface area contributed by atoms with Gasteiger partial charge in [-0.1, -0.05) is 18.2 Å². The van der Waals surface area contributed by atoms with Crippen LogP contribution < -0.4 is 19.1 Å². The number of anilines is 1. The van der Waals surface area contributed by atoms with E-state index in [4.69, 9.17) is 14.2 Å². The van der Waals surface area contributed by atoms with Crippen molar-refractivity contribution in [1.82, 2.24) is 4.90 Å². The monoisotopic (exact) mass is 454 g/mol. The molecule has 7 nitrogen and oxygen atoms in total. The number of hydrogen-bond donors (Lipinski definition) is 0. The fourth-order valence-corrected chi connectivity index (χ4v) is 4.45. The predicted octanol–water partition coefficient (Wildman–Crippen LogP) is 3.52. The summed E-state index contributed by atoms with van der Waals surface area (Å²) in [6.07, 6.45) is 2.68. The van der Waals surface area contributed by atoms with E-state index in [0.29, 0.717) is 36.8 Å². The number of ether oxygens (including phenoxy) is 3. The second kappa shape index (κ2) is 9.52. The van der Waals surface area contributed by atoms with Gasteiger partial charge in [-0.15, -0.1) is 0 Å². The highest BCUT2D eigenvalue weighted by molar-refractivity contribution is 6.00. The molecule has 2 heterocycles. The number of rotatable bonds is 6. The van der Waals surface area contributed by atoms with Crippen LogP contribution in [0.4, 0.5) is 10.1 Å². The van der Waals surface area contributed by atoms with E-state index in [1.165, 1.54) is 11.0 Å². The van der Waals surface area contributed by atoms with Crippen molar-refractivity contribution < 1.29 is 28.2 Å². The van der Waals surface area contributed by atoms with Gasteiger partial charge < -0.3 is 24.0 Å². The molecule has 4 rings (SSSR count). The molecular formula is C25H27FN2O5. The van der Waals surface area contributed by atoms with Gasteiger partial charge in [0, 0.05) is 38.2 Å². The van der Waals surface area contributed by atoms with Gasteiger partial charge in [0.1, 0.15) is 23.1 Å². The van der Waals surface area contributed by atoms with Crippen LogP contribution >= 0.6 is 0 Å². The Morgan fingerprint density at radius 1 is 1.06 bits per heavy atom. The van der Waals surface area contributed by atoms with Crippen LogP contribution in [0.3, 0.4) is 0 Å². The number of amides is 2. The van der Waals surface area contributed by atoms with E-state index in [9.17, 15) is 14.0 Å². The average Bonchev–Trinajstić information content (AvgIpc) is 3.24. The van der Waals surface area contributed by atoms with Crippen LogP contribution in [0.15, 0.2) is 42.5 Å². The Morgan fingerprint density at radius 3 is 2.33 bits per heavy atom. The van der Waals surface area contributed by atoms with E-state index < -0.39 is 11.7 Å². The summed E-state index contributed by atoms with van der Waals surface area (Å²) in [5.74, 6) is 0.624. The molecule has 0 aromatic heterocycles. The fourth-order valence-electron chi connectivity index (χ4n) is 4.45. The van der Waals surface area contributed by atoms with Crippen molar-refractivity contribution in [3.63, 3.8) is 0 Å². The van der Waals surface area contributed by atoms with Crippen LogP contribution in [0, 0.1) is 11.7 Å². The average molecular weight is 454 g/mol. The quantitative estimate of drug-likeness (QED) is 0.668. The van der Waals surface area contributed by atoms with E-state index in [1.54, 1.807) is 56.6 Å². The molecule has 0 N–H and O–H groups in total. The van der Waals surface area contributed by atoms with Crippen LogP contribution in [0.5, 0.6) is 17.2 Å². The minimum absolute atomic E-state index is 0.0837. The molecule has 2 aliphatic heterocycles. The maximum atomic E-state index is 14.1. The lowest BCUT2D eigenvalue weighted by Gasteiger charge is -2.29. The zero-order valence-corrected chi connectivity index (χ0v) is 19.0. The maximum Gasteiger partial charge on any atom is 0.228 e. The third-order valence-corrected chi connectivity index (χ3v) is 6.17. The maximum absolute atomic E-state index is 14.1. The Morgan fingerprint density at radius 2 is 1.76 bits per heavy atom. The van der Waals surface area contributed by atoms with E-state index in [1.807, 2.05) is 6.08 Å². The Hall–Kier alpha value is -3.55. The van der Waals surface area contributed by atoms with Crippen LogP contribution in [-0.4, -0.2) is 57.7 Å². The summed E-state index contributed by atoms with van der Waals surface area (Å²) in [5, 5.41) is 0. The van der Waals surface area contributed by atoms with Gasteiger partial charge in [0.2, 0.25) is 11.8 Å². The first-order valence-electron chi connectivity index (χ1n) is 10.8. The third kappa shape index (κ3) is 4.37. The topological polar surface area (TPSA) is 68.3 Å². The summed E-state index contributed by atoms with van der Waals surface area (Å²) in [5.41, 5.74) is 2.08. The van der Waals surface area contributed by atoms with E-state index in [-0.39, 0.29) is 30.5 Å². The van der Waals surface area contributed by atoms with Crippen molar-refractivity contribution in [1.29, 1.82) is 0 Å². The molecule has 1 saturated heterocycles. The van der Waals surface area contributed by atoms with E-state index in [2.05, 4.69) is 0 Å². The Balaban J connectivity index is 1.49. The second-order valence-electron chi connectivity index (χ2n) is 8.03. The van der Waals surface area contributed by atoms with E-state index >= 15 is 0 Å². The van der Waals surface area contributed by atoms with Crippen molar-refractivity contribution in [2.75, 3.05) is 45.9 Å². The van der Waals surface area contributed by atoms with Gasteiger partial charge in [-0.2, -0.15) is 0 Å². The fraction of sp³-hybridized carbons (Fsp3) is 0.360. The highest BCUT2D eigenvalue weighted by Gasteiger charge is 2.38. The minimum atomic E-state index is -0.489. The standard InChI is InChI=1S/C25H27FN2O5/c1-31-18-13-21(32-2)24(22(14-18)33-3)16-8-10-27(11-9-16)25(30)17-12-23(29)28(15-17)20-7-5-4-6-19(20)26/h4-8,13-14,17H,9-12,15H2,1-3H3/t17-/m0/s1. The number of para-hydroxylation sites is 1. The van der Waals surface area contributed by atoms with Crippen molar-refractivity contribution in [2.45, 2.75) is 12.8 Å². The zero-order chi connectivity index (χ0) is 23.5. The lowest BCUT2D eigenvalue weighted by Crippen LogP contribution is -2.40. The first-order valence-corrected chi connectivity index (χ1v) is 10.8. The molecule has 2 aromatic carbocycles. The van der Waals surface area contributed by atoms with Gasteiger partial charge in [-0.05, 0) is 24.1 Å². The van der Waals surface area contributed by atoms with Gasteiger partial charge in [0.25, 0.3) is 0 Å². The number of hydrogen-bond acceptors (Lipinski definition) is 5. The molecule has 174 valence electrons. The molecule has 0 unspecified atom stereocenters. The number of benzene rings is 2. The Bertz CT molecular complexity index is 1070. The highest BCUT2D eigenvalue weighted by Crippen LogP contribution is 2.41. The third-order valence-electron chi connectivity index (χ3n) is 6.17. The summed E-state index contributed by atoms with van der Waals surface area (Å²) in [6.45, 7) is 1.11. The van der Waals surface area contributed by atoms with Gasteiger partial charge in [0.15, 0.2) is 0 Å². The molecule has 1 atom stereocenters. The summed E-state index contributed by atoms with van der Waals surface area (Å²) >= 11 is 0. The predicted molar refractivity (Wildman–Crippen MR) is 122 cm³/mol. The van der Waals surface area contributed by atoms with Gasteiger partial charge in [0.05, 0.1) is 38.5 Å². The number of methoxy groups -OCH3 is 3. The second-order valence-corrected chi connectivity index (χ2v) is 8.03. The molecule has 2 amide bonds. The summed E-state index contributed by atoms with van der Waals surface area (Å²) in [6, 6.07) is 9.74. The van der Waals surface area contributed by atoms with Gasteiger partial charge in [-0.25, -0.2) is 4.39 Å². The molecule has 0 aliphatic carbocycles. The minimum Gasteiger partial charge on any atom is -0.496 e. The normalized spacial score (nSPS) is 18.2. The molecule has 0 spiro atoms. The smallest absolute Gasteiger partial charge is 0.228 e.